The molecule has 0 aliphatic rings. The molecule has 3 aromatic carbocycles. The van der Waals surface area contributed by atoms with Gasteiger partial charge in [0.2, 0.25) is 0 Å². The largest absolute Gasteiger partial charge is 0.288 e. The lowest BCUT2D eigenvalue weighted by molar-refractivity contribution is 0.104. The number of thioether (sulfide) groups is 1. The molecule has 0 saturated carbocycles. The number of allylic oxidation sites excluding steroid dienone is 1. The second kappa shape index (κ2) is 10.6. The zero-order valence-corrected chi connectivity index (χ0v) is 20.8. The Morgan fingerprint density at radius 1 is 0.828 bits per heavy atom. The Morgan fingerprint density at radius 3 is 2.03 bits per heavy atom. The van der Waals surface area contributed by atoms with E-state index in [4.69, 9.17) is 46.4 Å². The Hall–Kier alpha value is -0.690. The van der Waals surface area contributed by atoms with Crippen LogP contribution < -0.4 is 0 Å². The van der Waals surface area contributed by atoms with Crippen LogP contribution in [0.15, 0.2) is 71.6 Å². The van der Waals surface area contributed by atoms with E-state index < -0.39 is 0 Å². The summed E-state index contributed by atoms with van der Waals surface area (Å²) in [6, 6.07) is 19.8. The topological polar surface area (TPSA) is 17.1 Å². The second-order valence-electron chi connectivity index (χ2n) is 6.00. The van der Waals surface area contributed by atoms with Crippen LogP contribution in [-0.2, 0) is 5.75 Å². The molecule has 0 amide bonds. The van der Waals surface area contributed by atoms with Gasteiger partial charge >= 0.3 is 0 Å². The first-order valence-electron chi connectivity index (χ1n) is 8.38. The number of benzene rings is 3. The third kappa shape index (κ3) is 5.93. The molecule has 0 fully saturated rings. The maximum absolute atomic E-state index is 13.3. The molecule has 0 unspecified atom stereocenters. The number of ketones is 1. The summed E-state index contributed by atoms with van der Waals surface area (Å²) in [5, 5.41) is 2.12. The molecule has 0 aliphatic carbocycles. The van der Waals surface area contributed by atoms with Crippen molar-refractivity contribution in [3.63, 3.8) is 0 Å². The highest BCUT2D eigenvalue weighted by Gasteiger charge is 2.20. The lowest BCUT2D eigenvalue weighted by Crippen LogP contribution is -2.03. The van der Waals surface area contributed by atoms with Gasteiger partial charge in [-0.1, -0.05) is 70.7 Å². The van der Waals surface area contributed by atoms with Crippen LogP contribution in [0.25, 0.3) is 3.58 Å². The Balaban J connectivity index is 2.02. The summed E-state index contributed by atoms with van der Waals surface area (Å²) in [4.78, 5) is 13.9. The minimum absolute atomic E-state index is 0.0962. The number of Topliss-reactive ketones (excluding diaryl/α,β-unsaturated/α-hetero) is 1. The molecule has 1 nitrogen and oxygen atoms in total. The van der Waals surface area contributed by atoms with Crippen LogP contribution in [0, 0.1) is 0 Å². The number of carbonyl (C=O) groups excluding carboxylic acids is 1. The van der Waals surface area contributed by atoms with Crippen LogP contribution in [0.3, 0.4) is 0 Å². The maximum atomic E-state index is 13.3. The van der Waals surface area contributed by atoms with Gasteiger partial charge in [0.05, 0.1) is 15.0 Å². The van der Waals surface area contributed by atoms with Gasteiger partial charge in [0.15, 0.2) is 5.78 Å². The fourth-order valence-electron chi connectivity index (χ4n) is 2.49. The Labute approximate surface area is 207 Å². The molecule has 0 N–H and O–H groups in total. The van der Waals surface area contributed by atoms with E-state index in [9.17, 15) is 4.79 Å². The predicted molar refractivity (Wildman–Crippen MR) is 136 cm³/mol. The Kier molecular flexibility index (Phi) is 8.37. The smallest absolute Gasteiger partial charge is 0.200 e. The number of hydrogen-bond donors (Lipinski definition) is 0. The van der Waals surface area contributed by atoms with E-state index in [1.807, 2.05) is 36.4 Å². The van der Waals surface area contributed by atoms with Gasteiger partial charge in [-0.25, -0.2) is 0 Å². The quantitative estimate of drug-likeness (QED) is 0.161. The van der Waals surface area contributed by atoms with Crippen molar-refractivity contribution in [2.24, 2.45) is 0 Å². The van der Waals surface area contributed by atoms with E-state index in [-0.39, 0.29) is 5.78 Å². The summed E-state index contributed by atoms with van der Waals surface area (Å²) in [7, 11) is 0. The minimum Gasteiger partial charge on any atom is -0.288 e. The number of halogens is 5. The van der Waals surface area contributed by atoms with Crippen molar-refractivity contribution >= 4 is 90.1 Å². The van der Waals surface area contributed by atoms with Crippen LogP contribution in [0.5, 0.6) is 0 Å². The van der Waals surface area contributed by atoms with Crippen molar-refractivity contribution in [3.8, 4) is 0 Å². The molecule has 3 rings (SSSR count). The predicted octanol–water partition coefficient (Wildman–Crippen LogP) is 9.22. The highest BCUT2D eigenvalue weighted by molar-refractivity contribution is 14.1. The monoisotopic (exact) mass is 592 g/mol. The van der Waals surface area contributed by atoms with Crippen LogP contribution >= 0.6 is 80.8 Å². The van der Waals surface area contributed by atoms with Gasteiger partial charge in [0.1, 0.15) is 0 Å². The average Bonchev–Trinajstić information content (AvgIpc) is 2.71. The number of carbonyl (C=O) groups is 1. The van der Waals surface area contributed by atoms with Gasteiger partial charge in [0.25, 0.3) is 0 Å². The fraction of sp³-hybridized carbons (Fsp3) is 0.0455. The molecule has 7 heteroatoms. The van der Waals surface area contributed by atoms with Crippen LogP contribution in [0.4, 0.5) is 0 Å². The molecule has 29 heavy (non-hydrogen) atoms. The summed E-state index contributed by atoms with van der Waals surface area (Å²) in [5.74, 6) is 0.511. The van der Waals surface area contributed by atoms with Gasteiger partial charge in [-0.05, 0) is 70.6 Å². The molecule has 0 saturated heterocycles. The summed E-state index contributed by atoms with van der Waals surface area (Å²) in [6.07, 6.45) is 0. The highest BCUT2D eigenvalue weighted by Crippen LogP contribution is 2.40. The first kappa shape index (κ1) is 23.0. The molecule has 0 radical (unpaired) electrons. The molecule has 148 valence electrons. The Morgan fingerprint density at radius 2 is 1.41 bits per heavy atom. The van der Waals surface area contributed by atoms with Crippen molar-refractivity contribution in [1.82, 2.24) is 0 Å². The molecule has 0 spiro atoms. The molecule has 0 bridgehead atoms. The van der Waals surface area contributed by atoms with E-state index in [0.29, 0.717) is 36.3 Å². The molecule has 0 heterocycles. The van der Waals surface area contributed by atoms with E-state index in [1.165, 1.54) is 11.8 Å². The normalized spacial score (nSPS) is 11.9. The van der Waals surface area contributed by atoms with E-state index in [0.717, 1.165) is 14.7 Å². The average molecular weight is 594 g/mol. The lowest BCUT2D eigenvalue weighted by Gasteiger charge is -2.13. The lowest BCUT2D eigenvalue weighted by atomic mass is 10.1. The third-order valence-electron chi connectivity index (χ3n) is 4.00. The molecular weight excluding hydrogens is 581 g/mol. The summed E-state index contributed by atoms with van der Waals surface area (Å²) < 4.78 is 0.744. The van der Waals surface area contributed by atoms with E-state index in [1.54, 1.807) is 30.3 Å². The number of rotatable bonds is 6. The fourth-order valence-corrected chi connectivity index (χ4v) is 5.45. The summed E-state index contributed by atoms with van der Waals surface area (Å²) >= 11 is 28.2. The molecule has 0 aliphatic heterocycles. The van der Waals surface area contributed by atoms with E-state index in [2.05, 4.69) is 22.6 Å². The molecule has 3 aromatic rings. The van der Waals surface area contributed by atoms with Crippen molar-refractivity contribution in [1.29, 1.82) is 0 Å². The first-order valence-corrected chi connectivity index (χ1v) is 12.0. The van der Waals surface area contributed by atoms with Crippen LogP contribution in [0.2, 0.25) is 20.1 Å². The zero-order valence-electron chi connectivity index (χ0n) is 14.8. The van der Waals surface area contributed by atoms with Gasteiger partial charge in [-0.3, -0.25) is 4.79 Å². The van der Waals surface area contributed by atoms with Crippen molar-refractivity contribution < 1.29 is 4.79 Å². The first-order chi connectivity index (χ1) is 13.9. The summed E-state index contributed by atoms with van der Waals surface area (Å²) in [6.45, 7) is 0. The van der Waals surface area contributed by atoms with Crippen molar-refractivity contribution in [2.75, 3.05) is 0 Å². The van der Waals surface area contributed by atoms with Gasteiger partial charge in [-0.2, -0.15) is 0 Å². The van der Waals surface area contributed by atoms with Gasteiger partial charge < -0.3 is 0 Å². The Bertz CT molecular complexity index is 1060. The molecular formula is C22H13Cl4IOS. The maximum Gasteiger partial charge on any atom is 0.200 e. The molecule has 0 atom stereocenters. The van der Waals surface area contributed by atoms with E-state index >= 15 is 0 Å². The second-order valence-corrected chi connectivity index (χ2v) is 9.72. The third-order valence-corrected chi connectivity index (χ3v) is 7.96. The van der Waals surface area contributed by atoms with Crippen LogP contribution in [0.1, 0.15) is 21.5 Å². The SMILES string of the molecule is O=C(C(SCc1ccc(Cl)cc1)=C(I)c1cccc(Cl)c1Cl)c1ccc(Cl)cc1. The zero-order chi connectivity index (χ0) is 21.0. The van der Waals surface area contributed by atoms with Gasteiger partial charge in [0, 0.05) is 30.5 Å². The standard InChI is InChI=1S/C22H13Cl4IOS/c23-15-8-4-13(5-9-15)12-29-22(21(28)14-6-10-16(24)11-7-14)20(27)17-2-1-3-18(25)19(17)26/h1-11H,12H2. The molecule has 0 aromatic heterocycles. The van der Waals surface area contributed by atoms with Crippen molar-refractivity contribution in [2.45, 2.75) is 5.75 Å². The summed E-state index contributed by atoms with van der Waals surface area (Å²) in [5.41, 5.74) is 2.34. The van der Waals surface area contributed by atoms with Crippen molar-refractivity contribution in [3.05, 3.63) is 108 Å². The highest BCUT2D eigenvalue weighted by atomic mass is 127. The van der Waals surface area contributed by atoms with Gasteiger partial charge in [-0.15, -0.1) is 11.8 Å². The van der Waals surface area contributed by atoms with Crippen LogP contribution in [-0.4, -0.2) is 5.78 Å². The number of hydrogen-bond acceptors (Lipinski definition) is 2. The minimum atomic E-state index is -0.0962.